The van der Waals surface area contributed by atoms with Crippen molar-refractivity contribution >= 4 is 0 Å². The van der Waals surface area contributed by atoms with Crippen LogP contribution < -0.4 is 9.47 Å². The molecule has 308 valence electrons. The van der Waals surface area contributed by atoms with Crippen LogP contribution in [-0.4, -0.2) is 56.3 Å². The van der Waals surface area contributed by atoms with Gasteiger partial charge < -0.3 is 14.2 Å². The third-order valence-corrected chi connectivity index (χ3v) is 13.1. The van der Waals surface area contributed by atoms with Crippen molar-refractivity contribution in [3.8, 4) is 79.3 Å². The molecule has 0 unspecified atom stereocenters. The van der Waals surface area contributed by atoms with Crippen LogP contribution in [0.4, 0.5) is 0 Å². The van der Waals surface area contributed by atoms with Gasteiger partial charge in [-0.05, 0) is 167 Å². The molecule has 9 heteroatoms. The highest BCUT2D eigenvalue weighted by Gasteiger charge is 2.32. The Morgan fingerprint density at radius 2 is 0.651 bits per heavy atom. The fourth-order valence-corrected chi connectivity index (χ4v) is 10.2. The second kappa shape index (κ2) is 16.0. The Bertz CT molecular complexity index is 2700. The summed E-state index contributed by atoms with van der Waals surface area (Å²) in [6.07, 6.45) is 15.0. The Labute approximate surface area is 366 Å². The molecule has 0 atom stereocenters. The molecule has 6 aromatic heterocycles. The van der Waals surface area contributed by atoms with Crippen LogP contribution in [-0.2, 0) is 56.1 Å². The van der Waals surface area contributed by atoms with E-state index in [-0.39, 0.29) is 0 Å². The predicted molar refractivity (Wildman–Crippen MR) is 244 cm³/mol. The van der Waals surface area contributed by atoms with Gasteiger partial charge in [0.1, 0.15) is 24.7 Å². The highest BCUT2D eigenvalue weighted by molar-refractivity contribution is 5.88. The average molecular weight is 825 g/mol. The molecule has 4 aliphatic rings. The number of hydrogen-bond donors (Lipinski definition) is 0. The molecule has 12 rings (SSSR count). The maximum atomic E-state index is 6.14. The van der Waals surface area contributed by atoms with E-state index in [1.165, 1.54) is 66.8 Å². The monoisotopic (exact) mass is 824 g/mol. The lowest BCUT2D eigenvalue weighted by Crippen LogP contribution is -2.16. The quantitative estimate of drug-likeness (QED) is 0.125. The van der Waals surface area contributed by atoms with E-state index in [4.69, 9.17) is 44.1 Å². The molecule has 0 amide bonds. The molecule has 0 aliphatic heterocycles. The molecule has 0 saturated heterocycles. The maximum absolute atomic E-state index is 6.14. The van der Waals surface area contributed by atoms with Crippen molar-refractivity contribution in [1.29, 1.82) is 0 Å². The summed E-state index contributed by atoms with van der Waals surface area (Å²) < 4.78 is 18.2. The first-order valence-corrected chi connectivity index (χ1v) is 22.2. The summed E-state index contributed by atoms with van der Waals surface area (Å²) in [4.78, 5) is 29.8. The molecule has 0 bridgehead atoms. The lowest BCUT2D eigenvalue weighted by Gasteiger charge is -2.28. The van der Waals surface area contributed by atoms with Gasteiger partial charge >= 0.3 is 0 Å². The van der Waals surface area contributed by atoms with Crippen LogP contribution in [0.3, 0.4) is 0 Å². The fraction of sp³-hybridized carbons (Fsp3) is 0.222. The van der Waals surface area contributed by atoms with Crippen LogP contribution in [0.5, 0.6) is 11.5 Å². The largest absolute Gasteiger partial charge is 0.491 e. The lowest BCUT2D eigenvalue weighted by molar-refractivity contribution is 0.0764. The number of nitrogens with zero attached hydrogens (tertiary/aromatic N) is 6. The highest BCUT2D eigenvalue weighted by atomic mass is 16.5. The van der Waals surface area contributed by atoms with Crippen LogP contribution in [0.25, 0.3) is 67.8 Å². The van der Waals surface area contributed by atoms with Crippen molar-refractivity contribution in [3.63, 3.8) is 0 Å². The molecule has 9 nitrogen and oxygen atoms in total. The second-order valence-electron chi connectivity index (χ2n) is 16.7. The molecule has 0 spiro atoms. The number of aryl methyl sites for hydroxylation is 4. The highest BCUT2D eigenvalue weighted by Crippen LogP contribution is 2.46. The first kappa shape index (κ1) is 37.6. The molecule has 0 N–H and O–H groups in total. The van der Waals surface area contributed by atoms with Gasteiger partial charge in [-0.1, -0.05) is 48.5 Å². The van der Waals surface area contributed by atoms with Crippen molar-refractivity contribution in [2.75, 3.05) is 26.4 Å². The molecule has 0 radical (unpaired) electrons. The summed E-state index contributed by atoms with van der Waals surface area (Å²) >= 11 is 0. The first-order valence-electron chi connectivity index (χ1n) is 22.2. The summed E-state index contributed by atoms with van der Waals surface area (Å²) in [5, 5.41) is 0. The van der Waals surface area contributed by atoms with E-state index in [1.807, 2.05) is 49.1 Å². The normalized spacial score (nSPS) is 13.8. The molecular weight excluding hydrogens is 781 g/mol. The number of benzene rings is 2. The Morgan fingerprint density at radius 3 is 0.968 bits per heavy atom. The minimum absolute atomic E-state index is 0.444. The minimum atomic E-state index is 0.444. The first-order chi connectivity index (χ1) is 31.2. The smallest absolute Gasteiger partial charge is 0.119 e. The number of fused-ring (bicyclic) bond motifs is 12. The molecule has 63 heavy (non-hydrogen) atoms. The van der Waals surface area contributed by atoms with E-state index < -0.39 is 0 Å². The van der Waals surface area contributed by atoms with Crippen molar-refractivity contribution in [1.82, 2.24) is 29.9 Å². The predicted octanol–water partition coefficient (Wildman–Crippen LogP) is 9.93. The van der Waals surface area contributed by atoms with Gasteiger partial charge in [0.2, 0.25) is 0 Å². The van der Waals surface area contributed by atoms with Crippen LogP contribution in [0, 0.1) is 0 Å². The van der Waals surface area contributed by atoms with Gasteiger partial charge in [-0.25, -0.2) is 9.97 Å². The van der Waals surface area contributed by atoms with E-state index in [2.05, 4.69) is 72.8 Å². The fourth-order valence-electron chi connectivity index (χ4n) is 10.2. The molecule has 0 saturated carbocycles. The Balaban J connectivity index is 0.698. The SMILES string of the molecule is c1cnc2c(c1)CCc1c-2nc2c(c1-c1ccc(OCCOCCOc3ccc(-c4c5c(nc6c4CCc4cccnc4-6)-c4ncccc4CC5)cc3)cc1)CCc1cccnc1-2. The average Bonchev–Trinajstić information content (AvgIpc) is 3.35. The van der Waals surface area contributed by atoms with Gasteiger partial charge in [-0.15, -0.1) is 0 Å². The van der Waals surface area contributed by atoms with Gasteiger partial charge in [0.25, 0.3) is 0 Å². The molecule has 6 heterocycles. The zero-order valence-electron chi connectivity index (χ0n) is 34.9. The van der Waals surface area contributed by atoms with Gasteiger partial charge in [0.15, 0.2) is 0 Å². The van der Waals surface area contributed by atoms with Crippen molar-refractivity contribution in [2.24, 2.45) is 0 Å². The lowest BCUT2D eigenvalue weighted by atomic mass is 9.80. The molecule has 2 aromatic carbocycles. The number of aromatic nitrogens is 6. The maximum Gasteiger partial charge on any atom is 0.119 e. The molecule has 8 aromatic rings. The van der Waals surface area contributed by atoms with Crippen LogP contribution >= 0.6 is 0 Å². The van der Waals surface area contributed by atoms with Crippen LogP contribution in [0.1, 0.15) is 44.5 Å². The zero-order chi connectivity index (χ0) is 41.7. The zero-order valence-corrected chi connectivity index (χ0v) is 34.9. The number of pyridine rings is 6. The van der Waals surface area contributed by atoms with Crippen LogP contribution in [0.15, 0.2) is 122 Å². The number of ether oxygens (including phenoxy) is 3. The van der Waals surface area contributed by atoms with Gasteiger partial charge in [0, 0.05) is 24.8 Å². The minimum Gasteiger partial charge on any atom is -0.491 e. The number of hydrogen-bond acceptors (Lipinski definition) is 9. The Kier molecular flexibility index (Phi) is 9.55. The third kappa shape index (κ3) is 6.75. The van der Waals surface area contributed by atoms with Crippen LogP contribution in [0.2, 0.25) is 0 Å². The van der Waals surface area contributed by atoms with E-state index in [0.717, 1.165) is 108 Å². The van der Waals surface area contributed by atoms with Crippen molar-refractivity contribution in [2.45, 2.75) is 51.4 Å². The van der Waals surface area contributed by atoms with E-state index in [0.29, 0.717) is 26.4 Å². The Hall–Kier alpha value is -7.10. The molecule has 4 aliphatic carbocycles. The van der Waals surface area contributed by atoms with Crippen molar-refractivity contribution < 1.29 is 14.2 Å². The summed E-state index contributed by atoms with van der Waals surface area (Å²) in [5.74, 6) is 1.62. The summed E-state index contributed by atoms with van der Waals surface area (Å²) in [7, 11) is 0. The van der Waals surface area contributed by atoms with Gasteiger partial charge in [-0.2, -0.15) is 0 Å². The van der Waals surface area contributed by atoms with Gasteiger partial charge in [-0.3, -0.25) is 19.9 Å². The van der Waals surface area contributed by atoms with E-state index >= 15 is 0 Å². The third-order valence-electron chi connectivity index (χ3n) is 13.1. The Morgan fingerprint density at radius 1 is 0.333 bits per heavy atom. The van der Waals surface area contributed by atoms with E-state index in [1.54, 1.807) is 0 Å². The standard InChI is InChI=1S/C54H44N6O3/c1-5-35-13-21-41-45(42-22-14-36-6-2-26-56-48(36)52(42)59-51(41)47(35)55-25-1)33-9-17-39(18-10-33)62-31-29-61-30-32-63-40-19-11-34(12-20-40)46-43-23-15-37-7-3-27-57-49(37)53(43)60-54-44(46)24-16-38-8-4-28-58-50(38)54/h1-12,17-20,25-28H,13-16,21-24,29-32H2. The summed E-state index contributed by atoms with van der Waals surface area (Å²) in [6, 6.07) is 33.8. The summed E-state index contributed by atoms with van der Waals surface area (Å²) in [5.41, 5.74) is 22.9. The van der Waals surface area contributed by atoms with E-state index in [9.17, 15) is 0 Å². The summed E-state index contributed by atoms with van der Waals surface area (Å²) in [6.45, 7) is 1.81. The number of rotatable bonds is 10. The molecule has 0 fully saturated rings. The van der Waals surface area contributed by atoms with Gasteiger partial charge in [0.05, 0.1) is 58.8 Å². The van der Waals surface area contributed by atoms with Crippen molar-refractivity contribution in [3.05, 3.63) is 166 Å². The second-order valence-corrected chi connectivity index (χ2v) is 16.7. The molecular formula is C54H44N6O3. The topological polar surface area (TPSA) is 105 Å².